The van der Waals surface area contributed by atoms with Crippen LogP contribution in [0.15, 0.2) is 48.7 Å². The van der Waals surface area contributed by atoms with Crippen molar-refractivity contribution in [2.75, 3.05) is 23.4 Å². The van der Waals surface area contributed by atoms with E-state index >= 15 is 0 Å². The molecule has 0 saturated carbocycles. The average Bonchev–Trinajstić information content (AvgIpc) is 3.15. The molecular formula is C25H27N5O2. The summed E-state index contributed by atoms with van der Waals surface area (Å²) in [6.45, 7) is 16.4. The second-order valence-corrected chi connectivity index (χ2v) is 7.64. The Kier molecular flexibility index (Phi) is 6.74. The second kappa shape index (κ2) is 9.48. The molecule has 0 spiro atoms. The maximum atomic E-state index is 12.2. The van der Waals surface area contributed by atoms with Gasteiger partial charge in [-0.05, 0) is 69.5 Å². The highest BCUT2D eigenvalue weighted by Gasteiger charge is 2.28. The van der Waals surface area contributed by atoms with Gasteiger partial charge in [-0.2, -0.15) is 10.2 Å². The molecule has 0 radical (unpaired) electrons. The largest absolute Gasteiger partial charge is 0.462 e. The maximum Gasteiger partial charge on any atom is 0.338 e. The van der Waals surface area contributed by atoms with Gasteiger partial charge in [-0.3, -0.25) is 0 Å². The zero-order valence-corrected chi connectivity index (χ0v) is 19.0. The molecule has 32 heavy (non-hydrogen) atoms. The Balaban J connectivity index is 1.94. The van der Waals surface area contributed by atoms with Crippen LogP contribution >= 0.6 is 0 Å². The van der Waals surface area contributed by atoms with Crippen molar-refractivity contribution in [3.8, 4) is 6.07 Å². The lowest BCUT2D eigenvalue weighted by molar-refractivity contribution is 0.0526. The maximum absolute atomic E-state index is 12.2. The molecule has 0 saturated heterocycles. The molecule has 0 amide bonds. The van der Waals surface area contributed by atoms with E-state index in [4.69, 9.17) is 15.0 Å². The van der Waals surface area contributed by atoms with Crippen molar-refractivity contribution in [3.63, 3.8) is 0 Å². The van der Waals surface area contributed by atoms with Crippen LogP contribution in [-0.4, -0.2) is 29.1 Å². The number of aromatic nitrogens is 2. The zero-order valence-electron chi connectivity index (χ0n) is 19.0. The van der Waals surface area contributed by atoms with Gasteiger partial charge in [0, 0.05) is 34.8 Å². The first-order valence-corrected chi connectivity index (χ1v) is 10.4. The Hall–Kier alpha value is -3.92. The quantitative estimate of drug-likeness (QED) is 0.383. The van der Waals surface area contributed by atoms with Gasteiger partial charge in [-0.15, -0.1) is 0 Å². The van der Waals surface area contributed by atoms with E-state index in [-0.39, 0.29) is 5.97 Å². The normalized spacial score (nSPS) is 12.4. The highest BCUT2D eigenvalue weighted by atomic mass is 16.5. The summed E-state index contributed by atoms with van der Waals surface area (Å²) in [6.07, 6.45) is 4.08. The Morgan fingerprint density at radius 2 is 1.94 bits per heavy atom. The highest BCUT2D eigenvalue weighted by molar-refractivity contribution is 5.91. The molecule has 0 fully saturated rings. The van der Waals surface area contributed by atoms with E-state index < -0.39 is 0 Å². The van der Waals surface area contributed by atoms with Crippen LogP contribution in [0, 0.1) is 32.1 Å². The Morgan fingerprint density at radius 3 is 2.56 bits per heavy atom. The van der Waals surface area contributed by atoms with Crippen molar-refractivity contribution in [2.24, 2.45) is 0 Å². The summed E-state index contributed by atoms with van der Waals surface area (Å²) in [5, 5.41) is 11.9. The number of allylic oxidation sites excluding steroid dienone is 3. The summed E-state index contributed by atoms with van der Waals surface area (Å²) in [4.78, 5) is 23.7. The van der Waals surface area contributed by atoms with Crippen LogP contribution in [-0.2, 0) is 11.2 Å². The number of carbonyl (C=O) groups excluding carboxylic acids is 1. The molecule has 7 nitrogen and oxygen atoms in total. The average molecular weight is 430 g/mol. The fourth-order valence-corrected chi connectivity index (χ4v) is 3.84. The molecule has 164 valence electrons. The molecule has 0 bridgehead atoms. The molecule has 1 aromatic heterocycles. The lowest BCUT2D eigenvalue weighted by atomic mass is 10.0. The molecular weight excluding hydrogens is 402 g/mol. The molecule has 0 unspecified atom stereocenters. The van der Waals surface area contributed by atoms with E-state index in [0.717, 1.165) is 46.9 Å². The first-order valence-electron chi connectivity index (χ1n) is 10.4. The topological polar surface area (TPSA) is 91.1 Å². The minimum absolute atomic E-state index is 0.317. The predicted molar refractivity (Wildman–Crippen MR) is 126 cm³/mol. The van der Waals surface area contributed by atoms with Gasteiger partial charge in [-0.1, -0.05) is 13.2 Å². The number of hydrogen-bond acceptors (Lipinski definition) is 7. The molecule has 0 aliphatic carbocycles. The monoisotopic (exact) mass is 429 g/mol. The molecule has 3 rings (SSSR count). The molecule has 1 aliphatic rings. The lowest BCUT2D eigenvalue weighted by Crippen LogP contribution is -2.18. The van der Waals surface area contributed by atoms with Gasteiger partial charge in [-0.25, -0.2) is 9.78 Å². The van der Waals surface area contributed by atoms with Gasteiger partial charge in [0.15, 0.2) is 0 Å². The first-order chi connectivity index (χ1) is 15.2. The summed E-state index contributed by atoms with van der Waals surface area (Å²) < 4.78 is 5.15. The van der Waals surface area contributed by atoms with Crippen LogP contribution in [0.3, 0.4) is 0 Å². The number of rotatable bonds is 7. The van der Waals surface area contributed by atoms with Crippen LogP contribution in [0.4, 0.5) is 17.5 Å². The van der Waals surface area contributed by atoms with E-state index in [1.165, 1.54) is 0 Å². The van der Waals surface area contributed by atoms with Crippen molar-refractivity contribution in [1.82, 2.24) is 9.97 Å². The number of hydrogen-bond donors (Lipinski definition) is 1. The Morgan fingerprint density at radius 1 is 1.25 bits per heavy atom. The van der Waals surface area contributed by atoms with Gasteiger partial charge in [0.2, 0.25) is 5.95 Å². The molecule has 2 heterocycles. The summed E-state index contributed by atoms with van der Waals surface area (Å²) in [7, 11) is 0. The number of esters is 1. The molecule has 7 heteroatoms. The lowest BCUT2D eigenvalue weighted by Gasteiger charge is -2.24. The SMILES string of the molecule is C=C(C#N)/C=C\C(=C)Nc1nc(C)c2c(n1)N(c1c(C)cc(C(=O)OCC)cc1C)CC2. The molecule has 1 N–H and O–H groups in total. The third-order valence-corrected chi connectivity index (χ3v) is 5.21. The number of ether oxygens (including phenoxy) is 1. The first kappa shape index (κ1) is 22.8. The van der Waals surface area contributed by atoms with Crippen LogP contribution in [0.5, 0.6) is 0 Å². The number of fused-ring (bicyclic) bond motifs is 1. The Bertz CT molecular complexity index is 1150. The van der Waals surface area contributed by atoms with Gasteiger partial charge in [0.05, 0.1) is 18.2 Å². The summed E-state index contributed by atoms with van der Waals surface area (Å²) >= 11 is 0. The third-order valence-electron chi connectivity index (χ3n) is 5.21. The summed E-state index contributed by atoms with van der Waals surface area (Å²) in [5.41, 5.74) is 6.43. The standard InChI is InChI=1S/C25H27N5O2/c1-7-32-24(31)20-12-16(3)22(17(4)13-20)30-11-10-21-19(6)28-25(29-23(21)30)27-18(5)9-8-15(2)14-26/h8-9,12-13H,2,5,7,10-11H2,1,3-4,6H3,(H,27,28,29)/b9-8-. The fraction of sp³-hybridized carbons (Fsp3) is 0.280. The Labute approximate surface area is 188 Å². The number of nitriles is 1. The summed E-state index contributed by atoms with van der Waals surface area (Å²) in [6, 6.07) is 5.69. The number of benzene rings is 1. The van der Waals surface area contributed by atoms with Crippen LogP contribution in [0.25, 0.3) is 0 Å². The van der Waals surface area contributed by atoms with E-state index in [1.54, 1.807) is 19.1 Å². The van der Waals surface area contributed by atoms with E-state index in [1.807, 2.05) is 39.0 Å². The summed E-state index contributed by atoms with van der Waals surface area (Å²) in [5.74, 6) is 0.958. The number of anilines is 3. The minimum Gasteiger partial charge on any atom is -0.462 e. The molecule has 2 aromatic rings. The van der Waals surface area contributed by atoms with Crippen molar-refractivity contribution in [3.05, 3.63) is 76.7 Å². The predicted octanol–water partition coefficient (Wildman–Crippen LogP) is 4.83. The minimum atomic E-state index is -0.317. The van der Waals surface area contributed by atoms with Gasteiger partial charge >= 0.3 is 5.97 Å². The number of nitrogens with zero attached hydrogens (tertiary/aromatic N) is 4. The van der Waals surface area contributed by atoms with Gasteiger partial charge < -0.3 is 15.0 Å². The number of nitrogens with one attached hydrogen (secondary N) is 1. The molecule has 1 aliphatic heterocycles. The number of carbonyl (C=O) groups is 1. The zero-order chi connectivity index (χ0) is 23.4. The van der Waals surface area contributed by atoms with E-state index in [0.29, 0.717) is 29.4 Å². The molecule has 0 atom stereocenters. The van der Waals surface area contributed by atoms with Crippen molar-refractivity contribution < 1.29 is 9.53 Å². The van der Waals surface area contributed by atoms with Crippen molar-refractivity contribution in [2.45, 2.75) is 34.1 Å². The smallest absolute Gasteiger partial charge is 0.338 e. The third kappa shape index (κ3) is 4.70. The van der Waals surface area contributed by atoms with Gasteiger partial charge in [0.25, 0.3) is 0 Å². The number of aryl methyl sites for hydroxylation is 3. The molecule has 1 aromatic carbocycles. The van der Waals surface area contributed by atoms with E-state index in [9.17, 15) is 4.79 Å². The van der Waals surface area contributed by atoms with Crippen LogP contribution < -0.4 is 10.2 Å². The van der Waals surface area contributed by atoms with Gasteiger partial charge in [0.1, 0.15) is 5.82 Å². The van der Waals surface area contributed by atoms with Crippen molar-refractivity contribution in [1.29, 1.82) is 5.26 Å². The van der Waals surface area contributed by atoms with E-state index in [2.05, 4.69) is 28.4 Å². The van der Waals surface area contributed by atoms with Crippen LogP contribution in [0.2, 0.25) is 0 Å². The fourth-order valence-electron chi connectivity index (χ4n) is 3.84. The second-order valence-electron chi connectivity index (χ2n) is 7.64. The van der Waals surface area contributed by atoms with Crippen LogP contribution in [0.1, 0.15) is 39.7 Å². The highest BCUT2D eigenvalue weighted by Crippen LogP contribution is 2.38. The van der Waals surface area contributed by atoms with Crippen molar-refractivity contribution >= 4 is 23.4 Å².